The van der Waals surface area contributed by atoms with Crippen molar-refractivity contribution < 1.29 is 50.8 Å². The Morgan fingerprint density at radius 1 is 0.811 bits per heavy atom. The predicted molar refractivity (Wildman–Crippen MR) is 142 cm³/mol. The van der Waals surface area contributed by atoms with Crippen LogP contribution in [0.2, 0.25) is 10.0 Å². The number of hydrogen-bond donors (Lipinski definition) is 2. The third-order valence-electron chi connectivity index (χ3n) is 3.45. The number of phenolic OH excluding ortho intramolecular Hbond substituents is 1. The van der Waals surface area contributed by atoms with E-state index in [4.69, 9.17) is 38.2 Å². The van der Waals surface area contributed by atoms with E-state index >= 15 is 0 Å². The maximum Gasteiger partial charge on any atom is 0.422 e. The van der Waals surface area contributed by atoms with Crippen molar-refractivity contribution in [1.82, 2.24) is 0 Å². The number of hydrogen-bond acceptors (Lipinski definition) is 5. The SMILES string of the molecule is FC(F)(F)COc1ccc(OCCCI)c(Cl)c1.OCCCBr.Oc1ccc(OCC(F)(F)F)cc1Cl. The van der Waals surface area contributed by atoms with Gasteiger partial charge in [-0.2, -0.15) is 26.3 Å². The van der Waals surface area contributed by atoms with Crippen molar-refractivity contribution in [2.24, 2.45) is 0 Å². The molecule has 37 heavy (non-hydrogen) atoms. The minimum atomic E-state index is -4.38. The first-order chi connectivity index (χ1) is 17.2. The summed E-state index contributed by atoms with van der Waals surface area (Å²) < 4.78 is 86.2. The standard InChI is InChI=1S/C11H11ClF3IO2.C8H6ClF3O2.C3H7BrO/c12-9-6-8(18-7-11(13,14)15)2-3-10(9)17-5-1-4-16;9-6-3-5(1-2-7(6)13)14-4-8(10,11)12;4-2-1-3-5/h2-3,6H,1,4-5,7H2;1-3,13H,4H2;5H,1-3H2. The smallest absolute Gasteiger partial charge is 0.422 e. The second kappa shape index (κ2) is 19.1. The molecule has 0 saturated carbocycles. The molecule has 0 aliphatic heterocycles. The fraction of sp³-hybridized carbons (Fsp3) is 0.455. The Hall–Kier alpha value is -1.03. The van der Waals surface area contributed by atoms with Gasteiger partial charge in [-0.1, -0.05) is 61.7 Å². The van der Waals surface area contributed by atoms with Crippen molar-refractivity contribution in [1.29, 1.82) is 0 Å². The Kier molecular flexibility index (Phi) is 18.6. The van der Waals surface area contributed by atoms with Gasteiger partial charge in [0.1, 0.15) is 23.0 Å². The van der Waals surface area contributed by atoms with E-state index in [-0.39, 0.29) is 27.3 Å². The summed E-state index contributed by atoms with van der Waals surface area (Å²) in [6, 6.07) is 7.69. The second-order valence-corrected chi connectivity index (χ2v) is 9.36. The summed E-state index contributed by atoms with van der Waals surface area (Å²) in [5.41, 5.74) is 0. The van der Waals surface area contributed by atoms with Crippen LogP contribution in [0, 0.1) is 0 Å². The molecule has 0 saturated heterocycles. The number of aliphatic hydroxyl groups excluding tert-OH is 1. The highest BCUT2D eigenvalue weighted by atomic mass is 127. The fourth-order valence-electron chi connectivity index (χ4n) is 1.89. The third kappa shape index (κ3) is 19.7. The van der Waals surface area contributed by atoms with Gasteiger partial charge in [-0.05, 0) is 37.1 Å². The topological polar surface area (TPSA) is 68.2 Å². The molecule has 0 unspecified atom stereocenters. The van der Waals surface area contributed by atoms with Crippen LogP contribution in [-0.2, 0) is 0 Å². The molecule has 0 amide bonds. The first kappa shape index (κ1) is 36.0. The van der Waals surface area contributed by atoms with Crippen LogP contribution in [-0.4, -0.2) is 58.8 Å². The van der Waals surface area contributed by atoms with Gasteiger partial charge < -0.3 is 24.4 Å². The summed E-state index contributed by atoms with van der Waals surface area (Å²) in [6.07, 6.45) is -7.00. The molecular weight excluding hydrogens is 736 g/mol. The molecule has 2 aromatic carbocycles. The fourth-order valence-corrected chi connectivity index (χ4v) is 2.85. The Labute approximate surface area is 242 Å². The molecule has 2 aromatic rings. The molecule has 0 fully saturated rings. The molecule has 2 rings (SSSR count). The zero-order chi connectivity index (χ0) is 28.5. The van der Waals surface area contributed by atoms with Crippen LogP contribution in [0.25, 0.3) is 0 Å². The number of benzene rings is 2. The van der Waals surface area contributed by atoms with Gasteiger partial charge in [-0.15, -0.1) is 0 Å². The summed E-state index contributed by atoms with van der Waals surface area (Å²) in [6.45, 7) is -1.90. The average Bonchev–Trinajstić information content (AvgIpc) is 2.80. The van der Waals surface area contributed by atoms with E-state index in [1.165, 1.54) is 24.3 Å². The van der Waals surface area contributed by atoms with Crippen molar-refractivity contribution in [2.75, 3.05) is 36.2 Å². The summed E-state index contributed by atoms with van der Waals surface area (Å²) in [4.78, 5) is 0. The summed E-state index contributed by atoms with van der Waals surface area (Å²) in [5, 5.41) is 18.1. The normalized spacial score (nSPS) is 11.0. The van der Waals surface area contributed by atoms with Gasteiger partial charge in [-0.25, -0.2) is 0 Å². The van der Waals surface area contributed by atoms with Gasteiger partial charge in [-0.3, -0.25) is 0 Å². The first-order valence-electron chi connectivity index (χ1n) is 10.2. The maximum atomic E-state index is 11.9. The van der Waals surface area contributed by atoms with E-state index in [1.54, 1.807) is 0 Å². The molecule has 0 aliphatic carbocycles. The van der Waals surface area contributed by atoms with Gasteiger partial charge in [0, 0.05) is 28.5 Å². The number of aliphatic hydroxyl groups is 1. The maximum absolute atomic E-state index is 11.9. The number of aromatic hydroxyl groups is 1. The molecule has 0 spiro atoms. The Balaban J connectivity index is 0.000000605. The Bertz CT molecular complexity index is 905. The lowest BCUT2D eigenvalue weighted by molar-refractivity contribution is -0.154. The zero-order valence-electron chi connectivity index (χ0n) is 19.0. The van der Waals surface area contributed by atoms with Crippen LogP contribution < -0.4 is 14.2 Å². The third-order valence-corrected chi connectivity index (χ3v) is 5.38. The monoisotopic (exact) mass is 758 g/mol. The lowest BCUT2D eigenvalue weighted by Crippen LogP contribution is -2.19. The molecule has 0 radical (unpaired) electrons. The van der Waals surface area contributed by atoms with Crippen LogP contribution in [0.4, 0.5) is 26.3 Å². The lowest BCUT2D eigenvalue weighted by atomic mass is 10.3. The lowest BCUT2D eigenvalue weighted by Gasteiger charge is -2.11. The van der Waals surface area contributed by atoms with Crippen molar-refractivity contribution in [2.45, 2.75) is 25.2 Å². The van der Waals surface area contributed by atoms with Crippen molar-refractivity contribution in [3.63, 3.8) is 0 Å². The molecule has 0 aliphatic rings. The minimum Gasteiger partial charge on any atom is -0.506 e. The molecule has 0 heterocycles. The Morgan fingerprint density at radius 2 is 1.32 bits per heavy atom. The number of rotatable bonds is 10. The molecule has 5 nitrogen and oxygen atoms in total. The van der Waals surface area contributed by atoms with Crippen LogP contribution in [0.15, 0.2) is 36.4 Å². The highest BCUT2D eigenvalue weighted by Crippen LogP contribution is 2.30. The number of alkyl halides is 8. The van der Waals surface area contributed by atoms with Gasteiger partial charge in [0.25, 0.3) is 0 Å². The number of phenols is 1. The minimum absolute atomic E-state index is 0.0369. The quantitative estimate of drug-likeness (QED) is 0.111. The van der Waals surface area contributed by atoms with E-state index in [0.29, 0.717) is 19.0 Å². The number of ether oxygens (including phenoxy) is 3. The van der Waals surface area contributed by atoms with Gasteiger partial charge >= 0.3 is 12.4 Å². The summed E-state index contributed by atoms with van der Waals surface area (Å²) >= 11 is 16.7. The van der Waals surface area contributed by atoms with E-state index in [2.05, 4.69) is 48.0 Å². The predicted octanol–water partition coefficient (Wildman–Crippen LogP) is 8.24. The number of halogens is 10. The van der Waals surface area contributed by atoms with Crippen LogP contribution in [0.1, 0.15) is 12.8 Å². The molecule has 15 heteroatoms. The summed E-state index contributed by atoms with van der Waals surface area (Å²) in [5.74, 6) is 0.274. The van der Waals surface area contributed by atoms with Crippen molar-refractivity contribution in [3.05, 3.63) is 46.4 Å². The molecule has 0 aromatic heterocycles. The van der Waals surface area contributed by atoms with Crippen LogP contribution in [0.3, 0.4) is 0 Å². The molecule has 0 atom stereocenters. The zero-order valence-corrected chi connectivity index (χ0v) is 24.3. The molecular formula is C22H24BrCl2F6IO5. The van der Waals surface area contributed by atoms with E-state index in [0.717, 1.165) is 34.7 Å². The molecule has 0 bridgehead atoms. The van der Waals surface area contributed by atoms with E-state index in [9.17, 15) is 26.3 Å². The van der Waals surface area contributed by atoms with Crippen molar-refractivity contribution >= 4 is 61.7 Å². The average molecular weight is 760 g/mol. The second-order valence-electron chi connectivity index (χ2n) is 6.67. The highest BCUT2D eigenvalue weighted by molar-refractivity contribution is 14.1. The molecule has 2 N–H and O–H groups in total. The highest BCUT2D eigenvalue weighted by Gasteiger charge is 2.29. The molecule has 212 valence electrons. The largest absolute Gasteiger partial charge is 0.506 e. The van der Waals surface area contributed by atoms with Crippen molar-refractivity contribution in [3.8, 4) is 23.0 Å². The summed E-state index contributed by atoms with van der Waals surface area (Å²) in [7, 11) is 0. The van der Waals surface area contributed by atoms with E-state index < -0.39 is 25.6 Å². The van der Waals surface area contributed by atoms with Gasteiger partial charge in [0.2, 0.25) is 0 Å². The van der Waals surface area contributed by atoms with Gasteiger partial charge in [0.05, 0.1) is 16.7 Å². The Morgan fingerprint density at radius 3 is 1.70 bits per heavy atom. The van der Waals surface area contributed by atoms with Crippen LogP contribution >= 0.6 is 61.7 Å². The van der Waals surface area contributed by atoms with Gasteiger partial charge in [0.15, 0.2) is 13.2 Å². The van der Waals surface area contributed by atoms with Crippen LogP contribution in [0.5, 0.6) is 23.0 Å². The first-order valence-corrected chi connectivity index (χ1v) is 13.7. The van der Waals surface area contributed by atoms with E-state index in [1.807, 2.05) is 0 Å².